The van der Waals surface area contributed by atoms with Crippen molar-refractivity contribution in [3.8, 4) is 5.75 Å². The molecule has 11 heteroatoms. The molecular formula is C22H25N5O5S. The molecule has 1 aliphatic rings. The second kappa shape index (κ2) is 10.4. The van der Waals surface area contributed by atoms with Crippen LogP contribution in [0, 0.1) is 0 Å². The summed E-state index contributed by atoms with van der Waals surface area (Å²) in [5.41, 5.74) is 0.521. The highest BCUT2D eigenvalue weighted by Crippen LogP contribution is 2.24. The number of carbonyl (C=O) groups is 2. The number of aromatic nitrogens is 4. The van der Waals surface area contributed by atoms with Crippen LogP contribution in [0.1, 0.15) is 27.3 Å². The monoisotopic (exact) mass is 471 g/mol. The van der Waals surface area contributed by atoms with E-state index in [1.165, 1.54) is 19.5 Å². The Hall–Kier alpha value is -3.47. The third kappa shape index (κ3) is 5.30. The van der Waals surface area contributed by atoms with E-state index in [1.54, 1.807) is 31.8 Å². The van der Waals surface area contributed by atoms with Crippen molar-refractivity contribution in [2.24, 2.45) is 0 Å². The summed E-state index contributed by atoms with van der Waals surface area (Å²) in [5.74, 6) is -0.380. The van der Waals surface area contributed by atoms with Crippen molar-refractivity contribution < 1.29 is 19.1 Å². The van der Waals surface area contributed by atoms with Crippen molar-refractivity contribution in [2.75, 3.05) is 26.8 Å². The Labute approximate surface area is 194 Å². The summed E-state index contributed by atoms with van der Waals surface area (Å²) in [6.45, 7) is 1.82. The van der Waals surface area contributed by atoms with Gasteiger partial charge in [0.1, 0.15) is 24.0 Å². The Balaban J connectivity index is 1.51. The summed E-state index contributed by atoms with van der Waals surface area (Å²) >= 11 is 1.62. The lowest BCUT2D eigenvalue weighted by Crippen LogP contribution is -2.34. The van der Waals surface area contributed by atoms with E-state index in [4.69, 9.17) is 9.47 Å². The molecule has 0 spiro atoms. The largest absolute Gasteiger partial charge is 0.492 e. The number of rotatable bonds is 8. The van der Waals surface area contributed by atoms with Gasteiger partial charge >= 0.3 is 5.97 Å². The van der Waals surface area contributed by atoms with Gasteiger partial charge in [-0.2, -0.15) is 5.10 Å². The number of nitrogens with zero attached hydrogens (tertiary/aromatic N) is 5. The Morgan fingerprint density at radius 1 is 1.24 bits per heavy atom. The number of esters is 1. The summed E-state index contributed by atoms with van der Waals surface area (Å²) < 4.78 is 14.0. The summed E-state index contributed by atoms with van der Waals surface area (Å²) in [5, 5.41) is 6.00. The highest BCUT2D eigenvalue weighted by atomic mass is 32.1. The normalized spacial score (nSPS) is 13.3. The van der Waals surface area contributed by atoms with Crippen LogP contribution in [0.5, 0.6) is 5.75 Å². The zero-order valence-electron chi connectivity index (χ0n) is 18.3. The molecule has 0 N–H and O–H groups in total. The second-order valence-electron chi connectivity index (χ2n) is 7.53. The van der Waals surface area contributed by atoms with Crippen LogP contribution in [0.25, 0.3) is 0 Å². The van der Waals surface area contributed by atoms with Gasteiger partial charge < -0.3 is 18.9 Å². The van der Waals surface area contributed by atoms with E-state index in [-0.39, 0.29) is 29.2 Å². The quantitative estimate of drug-likeness (QED) is 0.457. The van der Waals surface area contributed by atoms with Crippen LogP contribution in [-0.4, -0.2) is 62.9 Å². The van der Waals surface area contributed by atoms with E-state index in [0.29, 0.717) is 51.3 Å². The van der Waals surface area contributed by atoms with Crippen molar-refractivity contribution in [3.63, 3.8) is 0 Å². The standard InChI is InChI=1S/C22H25N5O5S/c1-31-22(30)21-17-4-7-25(19(28)5-8-26-15-23-14-24-26)9-10-27(17)20(29)13-18(21)32-11-6-16-3-2-12-33-16/h2-3,12-15H,4-11H2,1H3. The molecule has 0 aromatic carbocycles. The number of thiophene rings is 1. The Morgan fingerprint density at radius 3 is 2.85 bits per heavy atom. The van der Waals surface area contributed by atoms with Crippen LogP contribution in [0.15, 0.2) is 41.0 Å². The molecule has 0 saturated carbocycles. The Morgan fingerprint density at radius 2 is 2.12 bits per heavy atom. The molecule has 0 fully saturated rings. The third-order valence-electron chi connectivity index (χ3n) is 5.54. The first-order valence-electron chi connectivity index (χ1n) is 10.7. The average molecular weight is 472 g/mol. The fourth-order valence-corrected chi connectivity index (χ4v) is 4.56. The van der Waals surface area contributed by atoms with Gasteiger partial charge in [0.05, 0.1) is 20.3 Å². The van der Waals surface area contributed by atoms with Gasteiger partial charge in [-0.25, -0.2) is 9.78 Å². The minimum atomic E-state index is -0.559. The van der Waals surface area contributed by atoms with Crippen LogP contribution in [-0.2, 0) is 35.5 Å². The lowest BCUT2D eigenvalue weighted by molar-refractivity contribution is -0.131. The number of fused-ring (bicyclic) bond motifs is 1. The number of carbonyl (C=O) groups excluding carboxylic acids is 2. The van der Waals surface area contributed by atoms with Gasteiger partial charge in [-0.05, 0) is 11.4 Å². The molecule has 1 aliphatic heterocycles. The molecule has 0 radical (unpaired) electrons. The number of methoxy groups -OCH3 is 1. The highest BCUT2D eigenvalue weighted by molar-refractivity contribution is 7.09. The smallest absolute Gasteiger partial charge is 0.343 e. The first-order chi connectivity index (χ1) is 16.1. The number of amides is 1. The van der Waals surface area contributed by atoms with Gasteiger partial charge in [0.25, 0.3) is 5.56 Å². The Bertz CT molecular complexity index is 1160. The predicted octanol–water partition coefficient (Wildman–Crippen LogP) is 1.38. The SMILES string of the molecule is COC(=O)c1c(OCCc2cccs2)cc(=O)n2c1CCN(C(=O)CCn1cncn1)CC2. The van der Waals surface area contributed by atoms with Gasteiger partial charge in [-0.15, -0.1) is 11.3 Å². The predicted molar refractivity (Wildman–Crippen MR) is 120 cm³/mol. The number of ether oxygens (including phenoxy) is 2. The number of hydrogen-bond donors (Lipinski definition) is 0. The maximum Gasteiger partial charge on any atom is 0.343 e. The first-order valence-corrected chi connectivity index (χ1v) is 11.5. The molecule has 0 aliphatic carbocycles. The van der Waals surface area contributed by atoms with E-state index < -0.39 is 5.97 Å². The minimum absolute atomic E-state index is 0.0432. The van der Waals surface area contributed by atoms with Crippen LogP contribution in [0.3, 0.4) is 0 Å². The molecule has 1 amide bonds. The molecular weight excluding hydrogens is 446 g/mol. The molecule has 10 nitrogen and oxygen atoms in total. The van der Waals surface area contributed by atoms with E-state index in [9.17, 15) is 14.4 Å². The molecule has 174 valence electrons. The van der Waals surface area contributed by atoms with Crippen molar-refractivity contribution in [2.45, 2.75) is 32.4 Å². The topological polar surface area (TPSA) is 109 Å². The second-order valence-corrected chi connectivity index (χ2v) is 8.56. The molecule has 3 aromatic rings. The zero-order valence-corrected chi connectivity index (χ0v) is 19.1. The summed E-state index contributed by atoms with van der Waals surface area (Å²) in [4.78, 5) is 45.0. The van der Waals surface area contributed by atoms with E-state index in [0.717, 1.165) is 4.88 Å². The minimum Gasteiger partial charge on any atom is -0.492 e. The summed E-state index contributed by atoms with van der Waals surface area (Å²) in [6.07, 6.45) is 4.28. The maximum atomic E-state index is 12.9. The van der Waals surface area contributed by atoms with Crippen LogP contribution in [0.2, 0.25) is 0 Å². The molecule has 0 saturated heterocycles. The van der Waals surface area contributed by atoms with Gasteiger partial charge in [0, 0.05) is 55.5 Å². The van der Waals surface area contributed by atoms with Gasteiger partial charge in [-0.1, -0.05) is 6.07 Å². The first kappa shape index (κ1) is 22.7. The Kier molecular flexibility index (Phi) is 7.18. The number of hydrogen-bond acceptors (Lipinski definition) is 8. The fourth-order valence-electron chi connectivity index (χ4n) is 3.87. The average Bonchev–Trinajstić information content (AvgIpc) is 3.48. The molecule has 33 heavy (non-hydrogen) atoms. The lowest BCUT2D eigenvalue weighted by atomic mass is 10.1. The zero-order chi connectivity index (χ0) is 23.2. The highest BCUT2D eigenvalue weighted by Gasteiger charge is 2.27. The molecule has 0 unspecified atom stereocenters. The van der Waals surface area contributed by atoms with Crippen molar-refractivity contribution in [3.05, 3.63) is 62.7 Å². The van der Waals surface area contributed by atoms with Crippen LogP contribution in [0.4, 0.5) is 0 Å². The number of aryl methyl sites for hydroxylation is 1. The number of pyridine rings is 1. The van der Waals surface area contributed by atoms with E-state index >= 15 is 0 Å². The molecule has 0 atom stereocenters. The van der Waals surface area contributed by atoms with E-state index in [1.807, 2.05) is 17.5 Å². The summed E-state index contributed by atoms with van der Waals surface area (Å²) in [7, 11) is 1.30. The molecule has 3 aromatic heterocycles. The van der Waals surface area contributed by atoms with Crippen molar-refractivity contribution >= 4 is 23.2 Å². The molecule has 4 rings (SSSR count). The molecule has 0 bridgehead atoms. The molecule has 4 heterocycles. The van der Waals surface area contributed by atoms with Gasteiger partial charge in [-0.3, -0.25) is 14.3 Å². The van der Waals surface area contributed by atoms with Crippen molar-refractivity contribution in [1.29, 1.82) is 0 Å². The van der Waals surface area contributed by atoms with Crippen LogP contribution < -0.4 is 10.3 Å². The lowest BCUT2D eigenvalue weighted by Gasteiger charge is -2.19. The van der Waals surface area contributed by atoms with Crippen molar-refractivity contribution in [1.82, 2.24) is 24.2 Å². The van der Waals surface area contributed by atoms with Gasteiger partial charge in [0.15, 0.2) is 0 Å². The summed E-state index contributed by atoms with van der Waals surface area (Å²) in [6, 6.07) is 5.32. The van der Waals surface area contributed by atoms with Crippen LogP contribution >= 0.6 is 11.3 Å². The fraction of sp³-hybridized carbons (Fsp3) is 0.409. The van der Waals surface area contributed by atoms with E-state index in [2.05, 4.69) is 10.1 Å². The third-order valence-corrected chi connectivity index (χ3v) is 6.48. The van der Waals surface area contributed by atoms with Gasteiger partial charge in [0.2, 0.25) is 5.91 Å². The maximum absolute atomic E-state index is 12.9.